The molecule has 2 amide bonds. The first-order valence-electron chi connectivity index (χ1n) is 14.0. The summed E-state index contributed by atoms with van der Waals surface area (Å²) in [5.74, 6) is 0.321. The highest BCUT2D eigenvalue weighted by molar-refractivity contribution is 7.89. The second-order valence-electron chi connectivity index (χ2n) is 10.5. The normalized spacial score (nSPS) is 14.4. The lowest BCUT2D eigenvalue weighted by Gasteiger charge is -2.29. The zero-order chi connectivity index (χ0) is 29.4. The molecule has 3 aromatic rings. The van der Waals surface area contributed by atoms with Crippen molar-refractivity contribution in [2.45, 2.75) is 63.6 Å². The maximum atomic E-state index is 13.5. The molecule has 0 radical (unpaired) electrons. The standard InChI is InChI=1S/C32H39N3O5S/c1-24-6-8-27(9-7-24)22-33-32(37)25(2)35(23-28-10-15-29(40-3)16-11-28)31(36)19-14-26-12-17-30(18-13-26)41(38,39)34-20-4-5-21-34/h6-13,15-18,25H,4-5,14,19-23H2,1-3H3,(H,33,37). The molecule has 1 fully saturated rings. The molecule has 8 nitrogen and oxygen atoms in total. The Kier molecular flexibility index (Phi) is 10.2. The molecule has 1 aliphatic heterocycles. The molecule has 3 aromatic carbocycles. The Hall–Kier alpha value is -3.69. The quantitative estimate of drug-likeness (QED) is 0.343. The van der Waals surface area contributed by atoms with Crippen LogP contribution in [0.15, 0.2) is 77.7 Å². The monoisotopic (exact) mass is 577 g/mol. The van der Waals surface area contributed by atoms with Gasteiger partial charge in [0.25, 0.3) is 0 Å². The van der Waals surface area contributed by atoms with Gasteiger partial charge in [0.2, 0.25) is 21.8 Å². The van der Waals surface area contributed by atoms with Gasteiger partial charge in [0.15, 0.2) is 0 Å². The molecule has 1 N–H and O–H groups in total. The summed E-state index contributed by atoms with van der Waals surface area (Å²) in [6.07, 6.45) is 2.38. The number of benzene rings is 3. The molecule has 0 saturated carbocycles. The van der Waals surface area contributed by atoms with Crippen LogP contribution in [0, 0.1) is 6.92 Å². The van der Waals surface area contributed by atoms with Gasteiger partial charge in [0.05, 0.1) is 12.0 Å². The Morgan fingerprint density at radius 2 is 1.49 bits per heavy atom. The topological polar surface area (TPSA) is 96.0 Å². The molecular weight excluding hydrogens is 538 g/mol. The lowest BCUT2D eigenvalue weighted by atomic mass is 10.1. The molecule has 1 unspecified atom stereocenters. The van der Waals surface area contributed by atoms with Gasteiger partial charge in [-0.1, -0.05) is 54.1 Å². The molecule has 1 aliphatic rings. The molecule has 1 heterocycles. The van der Waals surface area contributed by atoms with Crippen molar-refractivity contribution in [1.82, 2.24) is 14.5 Å². The van der Waals surface area contributed by atoms with Crippen LogP contribution in [0.1, 0.15) is 48.4 Å². The Balaban J connectivity index is 1.43. The minimum absolute atomic E-state index is 0.160. The van der Waals surface area contributed by atoms with E-state index < -0.39 is 16.1 Å². The van der Waals surface area contributed by atoms with E-state index in [2.05, 4.69) is 5.32 Å². The number of nitrogens with zero attached hydrogens (tertiary/aromatic N) is 2. The second kappa shape index (κ2) is 13.8. The summed E-state index contributed by atoms with van der Waals surface area (Å²) in [5.41, 5.74) is 3.88. The number of hydrogen-bond donors (Lipinski definition) is 1. The molecule has 0 spiro atoms. The van der Waals surface area contributed by atoms with Crippen molar-refractivity contribution in [2.75, 3.05) is 20.2 Å². The molecule has 0 bridgehead atoms. The summed E-state index contributed by atoms with van der Waals surface area (Å²) in [6, 6.07) is 21.4. The minimum atomic E-state index is -3.48. The third-order valence-electron chi connectivity index (χ3n) is 7.52. The van der Waals surface area contributed by atoms with E-state index in [1.807, 2.05) is 55.5 Å². The Labute approximate surface area is 243 Å². The number of amides is 2. The van der Waals surface area contributed by atoms with Gasteiger partial charge in [-0.15, -0.1) is 0 Å². The highest BCUT2D eigenvalue weighted by Crippen LogP contribution is 2.22. The number of hydrogen-bond acceptors (Lipinski definition) is 5. The van der Waals surface area contributed by atoms with Gasteiger partial charge in [-0.3, -0.25) is 9.59 Å². The average molecular weight is 578 g/mol. The SMILES string of the molecule is COc1ccc(CN(C(=O)CCc2ccc(S(=O)(=O)N3CCCC3)cc2)C(C)C(=O)NCc2ccc(C)cc2)cc1. The number of carbonyl (C=O) groups is 2. The van der Waals surface area contributed by atoms with E-state index in [1.165, 1.54) is 4.31 Å². The summed E-state index contributed by atoms with van der Waals surface area (Å²) in [5, 5.41) is 2.96. The maximum absolute atomic E-state index is 13.5. The van der Waals surface area contributed by atoms with Crippen LogP contribution in [0.4, 0.5) is 0 Å². The van der Waals surface area contributed by atoms with Gasteiger partial charge >= 0.3 is 0 Å². The highest BCUT2D eigenvalue weighted by Gasteiger charge is 2.28. The molecule has 0 aliphatic carbocycles. The molecule has 4 rings (SSSR count). The van der Waals surface area contributed by atoms with Gasteiger partial charge in [0, 0.05) is 32.6 Å². The van der Waals surface area contributed by atoms with Crippen LogP contribution in [0.2, 0.25) is 0 Å². The van der Waals surface area contributed by atoms with Crippen molar-refractivity contribution < 1.29 is 22.7 Å². The summed E-state index contributed by atoms with van der Waals surface area (Å²) in [6.45, 7) is 5.51. The molecule has 0 aromatic heterocycles. The zero-order valence-electron chi connectivity index (χ0n) is 24.0. The Morgan fingerprint density at radius 1 is 0.902 bits per heavy atom. The van der Waals surface area contributed by atoms with Crippen molar-refractivity contribution in [2.24, 2.45) is 0 Å². The van der Waals surface area contributed by atoms with Crippen LogP contribution in [0.3, 0.4) is 0 Å². The van der Waals surface area contributed by atoms with E-state index >= 15 is 0 Å². The molecule has 218 valence electrons. The number of nitrogens with one attached hydrogen (secondary N) is 1. The zero-order valence-corrected chi connectivity index (χ0v) is 24.8. The maximum Gasteiger partial charge on any atom is 0.243 e. The first-order chi connectivity index (χ1) is 19.7. The number of methoxy groups -OCH3 is 1. The van der Waals surface area contributed by atoms with Crippen LogP contribution < -0.4 is 10.1 Å². The van der Waals surface area contributed by atoms with Gasteiger partial charge < -0.3 is 15.0 Å². The van der Waals surface area contributed by atoms with Crippen LogP contribution in [0.25, 0.3) is 0 Å². The molecule has 41 heavy (non-hydrogen) atoms. The van der Waals surface area contributed by atoms with Crippen molar-refractivity contribution in [3.8, 4) is 5.75 Å². The Bertz CT molecular complexity index is 1420. The summed E-state index contributed by atoms with van der Waals surface area (Å²) in [4.78, 5) is 28.5. The first-order valence-corrected chi connectivity index (χ1v) is 15.5. The predicted octanol–water partition coefficient (Wildman–Crippen LogP) is 4.45. The minimum Gasteiger partial charge on any atom is -0.497 e. The van der Waals surface area contributed by atoms with Gasteiger partial charge in [-0.2, -0.15) is 4.31 Å². The lowest BCUT2D eigenvalue weighted by molar-refractivity contribution is -0.140. The first kappa shape index (κ1) is 30.3. The number of rotatable bonds is 12. The van der Waals surface area contributed by atoms with Crippen molar-refractivity contribution >= 4 is 21.8 Å². The summed E-state index contributed by atoms with van der Waals surface area (Å²) < 4.78 is 32.4. The van der Waals surface area contributed by atoms with E-state index in [-0.39, 0.29) is 29.7 Å². The average Bonchev–Trinajstić information content (AvgIpc) is 3.55. The Morgan fingerprint density at radius 3 is 2.10 bits per heavy atom. The van der Waals surface area contributed by atoms with Crippen LogP contribution >= 0.6 is 0 Å². The van der Waals surface area contributed by atoms with Gasteiger partial charge in [-0.25, -0.2) is 8.42 Å². The largest absolute Gasteiger partial charge is 0.497 e. The third kappa shape index (κ3) is 7.95. The lowest BCUT2D eigenvalue weighted by Crippen LogP contribution is -2.47. The summed E-state index contributed by atoms with van der Waals surface area (Å²) in [7, 11) is -1.89. The molecule has 1 atom stereocenters. The fourth-order valence-electron chi connectivity index (χ4n) is 4.85. The fourth-order valence-corrected chi connectivity index (χ4v) is 6.37. The van der Waals surface area contributed by atoms with Crippen molar-refractivity contribution in [3.63, 3.8) is 0 Å². The number of aryl methyl sites for hydroxylation is 2. The fraction of sp³-hybridized carbons (Fsp3) is 0.375. The van der Waals surface area contributed by atoms with Crippen molar-refractivity contribution in [1.29, 1.82) is 0 Å². The van der Waals surface area contributed by atoms with Crippen LogP contribution in [0.5, 0.6) is 5.75 Å². The number of carbonyl (C=O) groups excluding carboxylic acids is 2. The number of ether oxygens (including phenoxy) is 1. The van der Waals surface area contributed by atoms with E-state index in [4.69, 9.17) is 4.74 Å². The summed E-state index contributed by atoms with van der Waals surface area (Å²) >= 11 is 0. The third-order valence-corrected chi connectivity index (χ3v) is 9.43. The van der Waals surface area contributed by atoms with E-state index in [9.17, 15) is 18.0 Å². The smallest absolute Gasteiger partial charge is 0.243 e. The van der Waals surface area contributed by atoms with Crippen LogP contribution in [-0.4, -0.2) is 55.7 Å². The molecular formula is C32H39N3O5S. The van der Waals surface area contributed by atoms with Crippen LogP contribution in [-0.2, 0) is 39.1 Å². The molecule has 9 heteroatoms. The predicted molar refractivity (Wildman–Crippen MR) is 159 cm³/mol. The highest BCUT2D eigenvalue weighted by atomic mass is 32.2. The second-order valence-corrected chi connectivity index (χ2v) is 12.4. The van der Waals surface area contributed by atoms with Gasteiger partial charge in [0.1, 0.15) is 11.8 Å². The van der Waals surface area contributed by atoms with E-state index in [0.717, 1.165) is 35.1 Å². The van der Waals surface area contributed by atoms with Gasteiger partial charge in [-0.05, 0) is 74.1 Å². The van der Waals surface area contributed by atoms with E-state index in [1.54, 1.807) is 43.2 Å². The van der Waals surface area contributed by atoms with E-state index in [0.29, 0.717) is 31.8 Å². The molecule has 1 saturated heterocycles. The van der Waals surface area contributed by atoms with Crippen molar-refractivity contribution in [3.05, 3.63) is 95.1 Å². The number of sulfonamides is 1.